The summed E-state index contributed by atoms with van der Waals surface area (Å²) in [6.07, 6.45) is 4.80. The Bertz CT molecular complexity index is 1070. The van der Waals surface area contributed by atoms with Gasteiger partial charge in [-0.2, -0.15) is 0 Å². The lowest BCUT2D eigenvalue weighted by atomic mass is 9.71. The summed E-state index contributed by atoms with van der Waals surface area (Å²) < 4.78 is 11.5. The first kappa shape index (κ1) is 24.1. The second-order valence-electron chi connectivity index (χ2n) is 8.55. The quantitative estimate of drug-likeness (QED) is 0.528. The largest absolute Gasteiger partial charge is 0.490 e. The molecule has 0 fully saturated rings. The van der Waals surface area contributed by atoms with Crippen LogP contribution in [-0.2, 0) is 14.4 Å². The van der Waals surface area contributed by atoms with Crippen LogP contribution in [-0.4, -0.2) is 47.3 Å². The van der Waals surface area contributed by atoms with Crippen LogP contribution in [0.15, 0.2) is 47.3 Å². The molecule has 1 heterocycles. The summed E-state index contributed by atoms with van der Waals surface area (Å²) in [5.74, 6) is -0.931. The van der Waals surface area contributed by atoms with Gasteiger partial charge in [-0.1, -0.05) is 24.3 Å². The number of nitrogens with zero attached hydrogens (tertiary/aromatic N) is 1. The van der Waals surface area contributed by atoms with Crippen molar-refractivity contribution < 1.29 is 29.0 Å². The van der Waals surface area contributed by atoms with Gasteiger partial charge >= 0.3 is 5.97 Å². The van der Waals surface area contributed by atoms with Gasteiger partial charge in [-0.3, -0.25) is 14.4 Å². The number of hydrogen-bond donors (Lipinski definition) is 1. The highest BCUT2D eigenvalue weighted by Gasteiger charge is 2.44. The number of carboxylic acid groups (broad SMARTS) is 1. The third-order valence-electron chi connectivity index (χ3n) is 6.39. The first-order valence-electron chi connectivity index (χ1n) is 11.6. The maximum absolute atomic E-state index is 13.3. The summed E-state index contributed by atoms with van der Waals surface area (Å²) >= 11 is 6.62. The van der Waals surface area contributed by atoms with Crippen molar-refractivity contribution in [2.45, 2.75) is 51.4 Å². The molecule has 0 spiro atoms. The summed E-state index contributed by atoms with van der Waals surface area (Å²) in [4.78, 5) is 39.9. The number of ether oxygens (including phenoxy) is 2. The van der Waals surface area contributed by atoms with Crippen molar-refractivity contribution in [1.29, 1.82) is 0 Å². The number of Topliss-reactive ketones (excluding diaryl/α,β-unsaturated/α-hetero) is 2. The van der Waals surface area contributed by atoms with Crippen molar-refractivity contribution in [3.63, 3.8) is 0 Å². The molecule has 1 aromatic rings. The lowest BCUT2D eigenvalue weighted by Gasteiger charge is -2.43. The van der Waals surface area contributed by atoms with Gasteiger partial charge in [-0.15, -0.1) is 0 Å². The molecule has 0 radical (unpaired) electrons. The Morgan fingerprint density at radius 1 is 1.12 bits per heavy atom. The monoisotopic (exact) mass is 485 g/mol. The predicted octanol–water partition coefficient (Wildman–Crippen LogP) is 4.80. The average Bonchev–Trinajstić information content (AvgIpc) is 2.79. The van der Waals surface area contributed by atoms with Crippen LogP contribution in [0.5, 0.6) is 11.5 Å². The number of halogens is 1. The normalized spacial score (nSPS) is 18.6. The molecule has 0 unspecified atom stereocenters. The van der Waals surface area contributed by atoms with E-state index in [0.29, 0.717) is 89.8 Å². The number of benzene rings is 1. The van der Waals surface area contributed by atoms with E-state index < -0.39 is 11.9 Å². The standard InChI is InChI=1S/C26H28ClNO6/c1-3-11-34-26-16(27)12-15(13-21(26)33-4-2)23-24-17(7-5-9-19(24)29)28(14-22(31)32)18-8-6-10-20(30)25(18)23/h3,12-13,23H,1,4-11,14H2,2H3,(H,31,32). The minimum Gasteiger partial charge on any atom is -0.490 e. The van der Waals surface area contributed by atoms with E-state index >= 15 is 0 Å². The molecule has 7 nitrogen and oxygen atoms in total. The molecule has 34 heavy (non-hydrogen) atoms. The SMILES string of the molecule is C=CCOc1c(Cl)cc(C2C3=C(CCCC3=O)N(CC(=O)O)C3=C2C(=O)CCC3)cc1OCC. The number of ketones is 2. The molecule has 8 heteroatoms. The van der Waals surface area contributed by atoms with Gasteiger partial charge in [0, 0.05) is 41.3 Å². The first-order valence-corrected chi connectivity index (χ1v) is 12.0. The molecule has 3 aliphatic rings. The molecule has 4 rings (SSSR count). The van der Waals surface area contributed by atoms with E-state index in [1.807, 2.05) is 6.92 Å². The van der Waals surface area contributed by atoms with E-state index in [0.717, 1.165) is 0 Å². The fourth-order valence-corrected chi connectivity index (χ4v) is 5.45. The van der Waals surface area contributed by atoms with Gasteiger partial charge in [0.25, 0.3) is 0 Å². The van der Waals surface area contributed by atoms with E-state index in [1.54, 1.807) is 23.1 Å². The molecule has 0 amide bonds. The summed E-state index contributed by atoms with van der Waals surface area (Å²) in [7, 11) is 0. The lowest BCUT2D eigenvalue weighted by Crippen LogP contribution is -2.41. The predicted molar refractivity (Wildman–Crippen MR) is 127 cm³/mol. The van der Waals surface area contributed by atoms with Crippen molar-refractivity contribution >= 4 is 29.1 Å². The highest BCUT2D eigenvalue weighted by atomic mass is 35.5. The second kappa shape index (κ2) is 10.1. The molecule has 0 saturated heterocycles. The molecular weight excluding hydrogens is 458 g/mol. The fourth-order valence-electron chi connectivity index (χ4n) is 5.18. The first-order chi connectivity index (χ1) is 16.4. The summed E-state index contributed by atoms with van der Waals surface area (Å²) in [5, 5.41) is 9.89. The van der Waals surface area contributed by atoms with Crippen molar-refractivity contribution in [2.24, 2.45) is 0 Å². The zero-order valence-electron chi connectivity index (χ0n) is 19.2. The van der Waals surface area contributed by atoms with Crippen LogP contribution in [0.3, 0.4) is 0 Å². The Hall–Kier alpha value is -3.06. The van der Waals surface area contributed by atoms with E-state index in [9.17, 15) is 19.5 Å². The number of carboxylic acids is 1. The van der Waals surface area contributed by atoms with E-state index in [4.69, 9.17) is 21.1 Å². The van der Waals surface area contributed by atoms with Crippen LogP contribution in [0.1, 0.15) is 56.9 Å². The van der Waals surface area contributed by atoms with E-state index in [2.05, 4.69) is 6.58 Å². The number of rotatable bonds is 8. The van der Waals surface area contributed by atoms with Crippen molar-refractivity contribution in [3.05, 3.63) is 57.9 Å². The van der Waals surface area contributed by atoms with Gasteiger partial charge in [-0.05, 0) is 50.3 Å². The van der Waals surface area contributed by atoms with Crippen LogP contribution < -0.4 is 9.47 Å². The maximum Gasteiger partial charge on any atom is 0.323 e. The number of allylic oxidation sites excluding steroid dienone is 4. The molecule has 1 N–H and O–H groups in total. The van der Waals surface area contributed by atoms with Crippen molar-refractivity contribution in [2.75, 3.05) is 19.8 Å². The third kappa shape index (κ3) is 4.37. The van der Waals surface area contributed by atoms with Crippen LogP contribution in [0.4, 0.5) is 0 Å². The summed E-state index contributed by atoms with van der Waals surface area (Å²) in [6.45, 7) is 5.86. The zero-order valence-corrected chi connectivity index (χ0v) is 20.0. The Balaban J connectivity index is 1.94. The topological polar surface area (TPSA) is 93.1 Å². The molecule has 180 valence electrons. The number of carbonyl (C=O) groups is 3. The molecule has 2 aliphatic carbocycles. The molecule has 0 aromatic heterocycles. The number of carbonyl (C=O) groups excluding carboxylic acids is 2. The fraction of sp³-hybridized carbons (Fsp3) is 0.423. The van der Waals surface area contributed by atoms with Crippen molar-refractivity contribution in [1.82, 2.24) is 4.90 Å². The van der Waals surface area contributed by atoms with Crippen molar-refractivity contribution in [3.8, 4) is 11.5 Å². The number of aliphatic carboxylic acids is 1. The molecule has 0 atom stereocenters. The molecule has 1 aromatic carbocycles. The molecule has 0 saturated carbocycles. The highest BCUT2D eigenvalue weighted by molar-refractivity contribution is 6.32. The summed E-state index contributed by atoms with van der Waals surface area (Å²) in [6, 6.07) is 3.50. The minimum absolute atomic E-state index is 0.0624. The average molecular weight is 486 g/mol. The van der Waals surface area contributed by atoms with Gasteiger partial charge in [0.2, 0.25) is 0 Å². The van der Waals surface area contributed by atoms with Crippen LogP contribution in [0.2, 0.25) is 5.02 Å². The number of hydrogen-bond acceptors (Lipinski definition) is 6. The third-order valence-corrected chi connectivity index (χ3v) is 6.67. The maximum atomic E-state index is 13.3. The molecule has 0 bridgehead atoms. The Labute approximate surface area is 203 Å². The van der Waals surface area contributed by atoms with Gasteiger partial charge in [0.05, 0.1) is 11.6 Å². The Morgan fingerprint density at radius 3 is 2.26 bits per heavy atom. The lowest BCUT2D eigenvalue weighted by molar-refractivity contribution is -0.138. The second-order valence-corrected chi connectivity index (χ2v) is 8.96. The molecule has 1 aliphatic heterocycles. The summed E-state index contributed by atoms with van der Waals surface area (Å²) in [5.41, 5.74) is 3.08. The Kier molecular flexibility index (Phi) is 7.12. The molecular formula is C26H28ClNO6. The van der Waals surface area contributed by atoms with Gasteiger partial charge in [0.15, 0.2) is 23.1 Å². The van der Waals surface area contributed by atoms with Gasteiger partial charge in [-0.25, -0.2) is 0 Å². The van der Waals surface area contributed by atoms with Gasteiger partial charge < -0.3 is 19.5 Å². The van der Waals surface area contributed by atoms with E-state index in [1.165, 1.54) is 0 Å². The Morgan fingerprint density at radius 2 is 1.74 bits per heavy atom. The van der Waals surface area contributed by atoms with E-state index in [-0.39, 0.29) is 24.7 Å². The smallest absolute Gasteiger partial charge is 0.323 e. The zero-order chi connectivity index (χ0) is 24.4. The highest BCUT2D eigenvalue weighted by Crippen LogP contribution is 2.51. The van der Waals surface area contributed by atoms with Crippen LogP contribution >= 0.6 is 11.6 Å². The van der Waals surface area contributed by atoms with Crippen LogP contribution in [0, 0.1) is 0 Å². The van der Waals surface area contributed by atoms with Gasteiger partial charge in [0.1, 0.15) is 13.2 Å². The minimum atomic E-state index is -1.00. The van der Waals surface area contributed by atoms with Crippen LogP contribution in [0.25, 0.3) is 0 Å².